The topological polar surface area (TPSA) is 42.1 Å². The number of fused-ring (bicyclic) bond motifs is 1. The highest BCUT2D eigenvalue weighted by atomic mass is 32.1. The second kappa shape index (κ2) is 5.11. The Balaban J connectivity index is 2.35. The molecule has 0 saturated heterocycles. The van der Waals surface area contributed by atoms with Crippen molar-refractivity contribution in [3.05, 3.63) is 24.3 Å². The first-order valence-electron chi connectivity index (χ1n) is 5.37. The minimum atomic E-state index is -4.25. The summed E-state index contributed by atoms with van der Waals surface area (Å²) >= 11 is 1.07. The first-order chi connectivity index (χ1) is 8.51. The average Bonchev–Trinajstić information content (AvgIpc) is 2.70. The van der Waals surface area contributed by atoms with E-state index in [1.165, 1.54) is 4.90 Å². The molecule has 0 aliphatic rings. The lowest BCUT2D eigenvalue weighted by atomic mass is 10.2. The van der Waals surface area contributed by atoms with Gasteiger partial charge in [0.05, 0.1) is 5.52 Å². The van der Waals surface area contributed by atoms with Gasteiger partial charge < -0.3 is 10.6 Å². The van der Waals surface area contributed by atoms with Crippen LogP contribution < -0.4 is 10.6 Å². The van der Waals surface area contributed by atoms with E-state index in [0.29, 0.717) is 10.5 Å². The molecular weight excluding hydrogens is 263 g/mol. The lowest BCUT2D eigenvalue weighted by Crippen LogP contribution is -2.37. The summed E-state index contributed by atoms with van der Waals surface area (Å²) in [6, 6.07) is 7.15. The minimum Gasteiger partial charge on any atom is -0.351 e. The van der Waals surface area contributed by atoms with Gasteiger partial charge in [-0.25, -0.2) is 0 Å². The summed E-state index contributed by atoms with van der Waals surface area (Å²) in [5.41, 5.74) is 6.08. The largest absolute Gasteiger partial charge is 0.405 e. The normalized spacial score (nSPS) is 12.0. The molecule has 0 amide bonds. The molecule has 0 aliphatic heterocycles. The smallest absolute Gasteiger partial charge is 0.351 e. The Hall–Kier alpha value is -1.34. The molecule has 3 nitrogen and oxygen atoms in total. The van der Waals surface area contributed by atoms with Crippen molar-refractivity contribution in [2.45, 2.75) is 6.18 Å². The number of anilines is 1. The zero-order chi connectivity index (χ0) is 13.2. The molecule has 18 heavy (non-hydrogen) atoms. The van der Waals surface area contributed by atoms with Gasteiger partial charge in [0.25, 0.3) is 0 Å². The molecule has 1 aromatic heterocycles. The standard InChI is InChI=1S/C11H12F3N3S/c12-11(13,14)7-17(6-5-15)10-8-3-1-2-4-9(8)16-18-10/h1-4H,5-7,15H2. The monoisotopic (exact) mass is 275 g/mol. The van der Waals surface area contributed by atoms with Gasteiger partial charge >= 0.3 is 6.18 Å². The van der Waals surface area contributed by atoms with Gasteiger partial charge in [0.1, 0.15) is 11.5 Å². The number of rotatable bonds is 4. The van der Waals surface area contributed by atoms with Crippen molar-refractivity contribution in [1.82, 2.24) is 4.37 Å². The molecule has 0 spiro atoms. The van der Waals surface area contributed by atoms with E-state index < -0.39 is 12.7 Å². The van der Waals surface area contributed by atoms with Crippen LogP contribution in [0.3, 0.4) is 0 Å². The minimum absolute atomic E-state index is 0.158. The highest BCUT2D eigenvalue weighted by Crippen LogP contribution is 2.32. The fourth-order valence-corrected chi connectivity index (χ4v) is 2.61. The molecule has 7 heteroatoms. The van der Waals surface area contributed by atoms with Crippen LogP contribution in [0.1, 0.15) is 0 Å². The molecule has 0 aliphatic carbocycles. The molecule has 2 aromatic rings. The molecule has 1 aromatic carbocycles. The highest BCUT2D eigenvalue weighted by Gasteiger charge is 2.31. The van der Waals surface area contributed by atoms with Crippen LogP contribution in [-0.4, -0.2) is 30.2 Å². The predicted molar refractivity (Wildman–Crippen MR) is 66.9 cm³/mol. The van der Waals surface area contributed by atoms with Gasteiger partial charge in [0.2, 0.25) is 0 Å². The first-order valence-corrected chi connectivity index (χ1v) is 6.15. The van der Waals surface area contributed by atoms with Crippen molar-refractivity contribution < 1.29 is 13.2 Å². The molecule has 1 heterocycles. The van der Waals surface area contributed by atoms with Gasteiger partial charge in [-0.15, -0.1) is 0 Å². The number of alkyl halides is 3. The third-order valence-electron chi connectivity index (χ3n) is 2.42. The van der Waals surface area contributed by atoms with E-state index in [-0.39, 0.29) is 13.1 Å². The number of hydrogen-bond acceptors (Lipinski definition) is 4. The van der Waals surface area contributed by atoms with Crippen molar-refractivity contribution in [3.63, 3.8) is 0 Å². The molecule has 0 radical (unpaired) electrons. The van der Waals surface area contributed by atoms with Gasteiger partial charge in [0.15, 0.2) is 0 Å². The molecule has 0 saturated carbocycles. The fraction of sp³-hybridized carbons (Fsp3) is 0.364. The third-order valence-corrected chi connectivity index (χ3v) is 3.36. The summed E-state index contributed by atoms with van der Waals surface area (Å²) < 4.78 is 41.7. The van der Waals surface area contributed by atoms with Gasteiger partial charge in [-0.1, -0.05) is 12.1 Å². The number of aromatic nitrogens is 1. The summed E-state index contributed by atoms with van der Waals surface area (Å²) in [7, 11) is 0. The maximum atomic E-state index is 12.5. The van der Waals surface area contributed by atoms with Crippen LogP contribution in [-0.2, 0) is 0 Å². The summed E-state index contributed by atoms with van der Waals surface area (Å²) in [6.45, 7) is -0.676. The van der Waals surface area contributed by atoms with Crippen molar-refractivity contribution in [2.24, 2.45) is 5.73 Å². The molecule has 2 rings (SSSR count). The van der Waals surface area contributed by atoms with Gasteiger partial charge in [-0.2, -0.15) is 17.5 Å². The Morgan fingerprint density at radius 1 is 1.28 bits per heavy atom. The number of benzene rings is 1. The van der Waals surface area contributed by atoms with Crippen molar-refractivity contribution >= 4 is 27.4 Å². The molecular formula is C11H12F3N3S. The van der Waals surface area contributed by atoms with Crippen molar-refractivity contribution in [2.75, 3.05) is 24.5 Å². The van der Waals surface area contributed by atoms with Gasteiger partial charge in [0, 0.05) is 18.5 Å². The zero-order valence-corrected chi connectivity index (χ0v) is 10.3. The van der Waals surface area contributed by atoms with Gasteiger partial charge in [-0.3, -0.25) is 0 Å². The van der Waals surface area contributed by atoms with Crippen LogP contribution in [0.2, 0.25) is 0 Å². The van der Waals surface area contributed by atoms with Crippen LogP contribution in [0.15, 0.2) is 24.3 Å². The molecule has 0 atom stereocenters. The second-order valence-electron chi connectivity index (χ2n) is 3.83. The first kappa shape index (κ1) is 13.1. The van der Waals surface area contributed by atoms with Crippen molar-refractivity contribution in [1.29, 1.82) is 0 Å². The third kappa shape index (κ3) is 2.91. The van der Waals surface area contributed by atoms with E-state index in [1.54, 1.807) is 18.2 Å². The predicted octanol–water partition coefficient (Wildman–Crippen LogP) is 2.62. The molecule has 0 bridgehead atoms. The number of nitrogens with zero attached hydrogens (tertiary/aromatic N) is 2. The quantitative estimate of drug-likeness (QED) is 0.932. The Kier molecular flexibility index (Phi) is 3.72. The number of hydrogen-bond donors (Lipinski definition) is 1. The number of halogens is 3. The van der Waals surface area contributed by atoms with Crippen LogP contribution in [0.25, 0.3) is 10.9 Å². The lowest BCUT2D eigenvalue weighted by molar-refractivity contribution is -0.119. The molecule has 2 N–H and O–H groups in total. The van der Waals surface area contributed by atoms with E-state index in [0.717, 1.165) is 16.9 Å². The Morgan fingerprint density at radius 2 is 2.00 bits per heavy atom. The highest BCUT2D eigenvalue weighted by molar-refractivity contribution is 7.11. The lowest BCUT2D eigenvalue weighted by Gasteiger charge is -2.23. The number of nitrogens with two attached hydrogens (primary N) is 1. The molecule has 98 valence electrons. The van der Waals surface area contributed by atoms with Crippen LogP contribution in [0.5, 0.6) is 0 Å². The average molecular weight is 275 g/mol. The maximum Gasteiger partial charge on any atom is 0.405 e. The molecule has 0 fully saturated rings. The van der Waals surface area contributed by atoms with E-state index in [9.17, 15) is 13.2 Å². The Labute approximate surface area is 106 Å². The summed E-state index contributed by atoms with van der Waals surface area (Å²) in [6.07, 6.45) is -4.25. The fourth-order valence-electron chi connectivity index (χ4n) is 1.73. The summed E-state index contributed by atoms with van der Waals surface area (Å²) in [4.78, 5) is 1.24. The molecule has 0 unspecified atom stereocenters. The van der Waals surface area contributed by atoms with Crippen LogP contribution in [0, 0.1) is 0 Å². The van der Waals surface area contributed by atoms with E-state index in [2.05, 4.69) is 4.37 Å². The van der Waals surface area contributed by atoms with E-state index in [1.807, 2.05) is 6.07 Å². The summed E-state index contributed by atoms with van der Waals surface area (Å²) in [5.74, 6) is 0. The Bertz CT molecular complexity index is 523. The SMILES string of the molecule is NCCN(CC(F)(F)F)c1snc2ccccc12. The maximum absolute atomic E-state index is 12.5. The second-order valence-corrected chi connectivity index (χ2v) is 4.58. The van der Waals surface area contributed by atoms with E-state index in [4.69, 9.17) is 5.73 Å². The zero-order valence-electron chi connectivity index (χ0n) is 9.44. The van der Waals surface area contributed by atoms with Crippen LogP contribution >= 0.6 is 11.5 Å². The Morgan fingerprint density at radius 3 is 2.67 bits per heavy atom. The summed E-state index contributed by atoms with van der Waals surface area (Å²) in [5, 5.41) is 1.26. The van der Waals surface area contributed by atoms with Crippen LogP contribution in [0.4, 0.5) is 18.2 Å². The van der Waals surface area contributed by atoms with E-state index >= 15 is 0 Å². The van der Waals surface area contributed by atoms with Gasteiger partial charge in [-0.05, 0) is 23.7 Å². The van der Waals surface area contributed by atoms with Crippen molar-refractivity contribution in [3.8, 4) is 0 Å².